The monoisotopic (exact) mass is 306 g/mol. The number of pyridine rings is 1. The third kappa shape index (κ3) is 3.85. The highest BCUT2D eigenvalue weighted by Crippen LogP contribution is 2.39. The lowest BCUT2D eigenvalue weighted by Gasteiger charge is -2.22. The molecule has 0 radical (unpaired) electrons. The van der Waals surface area contributed by atoms with E-state index in [2.05, 4.69) is 21.2 Å². The summed E-state index contributed by atoms with van der Waals surface area (Å²) in [6.45, 7) is 9.63. The number of ether oxygens (including phenoxy) is 1. The number of anilines is 2. The van der Waals surface area contributed by atoms with Gasteiger partial charge in [-0.2, -0.15) is 4.37 Å². The molecule has 6 heteroatoms. The van der Waals surface area contributed by atoms with Crippen molar-refractivity contribution in [3.8, 4) is 5.75 Å². The zero-order valence-corrected chi connectivity index (χ0v) is 13.8. The van der Waals surface area contributed by atoms with Crippen molar-refractivity contribution in [2.75, 3.05) is 17.2 Å². The van der Waals surface area contributed by atoms with Crippen molar-refractivity contribution < 1.29 is 4.74 Å². The second kappa shape index (κ2) is 6.76. The largest absolute Gasteiger partial charge is 0.484 e. The number of nitrogen functional groups attached to an aromatic ring is 1. The summed E-state index contributed by atoms with van der Waals surface area (Å²) < 4.78 is 10.1. The van der Waals surface area contributed by atoms with Gasteiger partial charge < -0.3 is 15.4 Å². The molecule has 0 unspecified atom stereocenters. The number of hydrogen-bond acceptors (Lipinski definition) is 6. The van der Waals surface area contributed by atoms with Crippen LogP contribution in [0.4, 0.5) is 10.8 Å². The van der Waals surface area contributed by atoms with Crippen molar-refractivity contribution in [1.82, 2.24) is 9.36 Å². The minimum Gasteiger partial charge on any atom is -0.484 e. The van der Waals surface area contributed by atoms with Crippen molar-refractivity contribution in [2.45, 2.75) is 40.3 Å². The topological polar surface area (TPSA) is 64.3 Å². The number of aromatic nitrogens is 2. The van der Waals surface area contributed by atoms with Gasteiger partial charge in [0, 0.05) is 12.2 Å². The summed E-state index contributed by atoms with van der Waals surface area (Å²) >= 11 is 1.37. The maximum Gasteiger partial charge on any atom is 0.198 e. The van der Waals surface area contributed by atoms with Crippen LogP contribution < -0.4 is 15.4 Å². The molecule has 0 saturated carbocycles. The fraction of sp³-hybridized carbons (Fsp3) is 0.467. The molecule has 0 spiro atoms. The van der Waals surface area contributed by atoms with Crippen LogP contribution in [0.2, 0.25) is 0 Å². The fourth-order valence-corrected chi connectivity index (χ4v) is 2.86. The highest BCUT2D eigenvalue weighted by Gasteiger charge is 2.20. The molecule has 0 fully saturated rings. The number of rotatable bonds is 6. The quantitative estimate of drug-likeness (QED) is 0.887. The number of aryl methyl sites for hydroxylation is 1. The molecule has 5 nitrogen and oxygen atoms in total. The molecule has 0 aromatic carbocycles. The van der Waals surface area contributed by atoms with Gasteiger partial charge in [0.1, 0.15) is 0 Å². The molecule has 2 rings (SSSR count). The zero-order chi connectivity index (χ0) is 15.4. The van der Waals surface area contributed by atoms with Gasteiger partial charge in [-0.05, 0) is 51.4 Å². The molecule has 0 bridgehead atoms. The summed E-state index contributed by atoms with van der Waals surface area (Å²) in [5, 5.41) is 0.965. The van der Waals surface area contributed by atoms with E-state index in [1.165, 1.54) is 11.5 Å². The number of hydrogen-bond donors (Lipinski definition) is 1. The zero-order valence-electron chi connectivity index (χ0n) is 13.0. The highest BCUT2D eigenvalue weighted by atomic mass is 32.1. The predicted molar refractivity (Wildman–Crippen MR) is 88.0 cm³/mol. The van der Waals surface area contributed by atoms with Crippen LogP contribution in [0, 0.1) is 6.92 Å². The van der Waals surface area contributed by atoms with Crippen LogP contribution in [0.15, 0.2) is 18.2 Å². The third-order valence-electron chi connectivity index (χ3n) is 2.98. The van der Waals surface area contributed by atoms with Crippen molar-refractivity contribution in [1.29, 1.82) is 0 Å². The Bertz CT molecular complexity index is 597. The van der Waals surface area contributed by atoms with Crippen LogP contribution in [0.25, 0.3) is 0 Å². The first-order valence-electron chi connectivity index (χ1n) is 7.10. The Morgan fingerprint density at radius 3 is 2.76 bits per heavy atom. The molecule has 21 heavy (non-hydrogen) atoms. The van der Waals surface area contributed by atoms with E-state index < -0.39 is 0 Å². The maximum absolute atomic E-state index is 5.93. The second-order valence-electron chi connectivity index (χ2n) is 5.15. The average Bonchev–Trinajstić information content (AvgIpc) is 2.77. The van der Waals surface area contributed by atoms with E-state index in [-0.39, 0.29) is 6.10 Å². The Kier molecular flexibility index (Phi) is 5.01. The Labute approximate surface area is 129 Å². The lowest BCUT2D eigenvalue weighted by Crippen LogP contribution is -2.23. The van der Waals surface area contributed by atoms with Crippen LogP contribution in [0.1, 0.15) is 32.2 Å². The standard InChI is InChI=1S/C15H22N4OS/c1-5-19(9-12-8-6-7-11(4)17-12)15-13(20-10(2)3)14(16)18-21-15/h6-8,10H,5,9H2,1-4H3,(H2,16,18). The minimum absolute atomic E-state index is 0.0678. The third-order valence-corrected chi connectivity index (χ3v) is 3.88. The van der Waals surface area contributed by atoms with Gasteiger partial charge in [0.15, 0.2) is 16.6 Å². The van der Waals surface area contributed by atoms with Crippen LogP contribution in [0.3, 0.4) is 0 Å². The maximum atomic E-state index is 5.93. The summed E-state index contributed by atoms with van der Waals surface area (Å²) in [4.78, 5) is 6.74. The summed E-state index contributed by atoms with van der Waals surface area (Å²) in [5.41, 5.74) is 7.98. The molecular formula is C15H22N4OS. The minimum atomic E-state index is 0.0678. The van der Waals surface area contributed by atoms with E-state index in [0.29, 0.717) is 18.1 Å². The van der Waals surface area contributed by atoms with Gasteiger partial charge in [-0.15, -0.1) is 0 Å². The van der Waals surface area contributed by atoms with E-state index in [1.54, 1.807) is 0 Å². The SMILES string of the molecule is CCN(Cc1cccc(C)n1)c1snc(N)c1OC(C)C. The Morgan fingerprint density at radius 2 is 2.14 bits per heavy atom. The molecule has 0 aliphatic rings. The van der Waals surface area contributed by atoms with Crippen molar-refractivity contribution in [3.05, 3.63) is 29.6 Å². The van der Waals surface area contributed by atoms with Gasteiger partial charge in [-0.25, -0.2) is 0 Å². The first kappa shape index (κ1) is 15.6. The lowest BCUT2D eigenvalue weighted by atomic mass is 10.3. The molecule has 0 aliphatic carbocycles. The molecule has 2 N–H and O–H groups in total. The molecule has 0 amide bonds. The molecule has 0 aliphatic heterocycles. The molecule has 2 heterocycles. The van der Waals surface area contributed by atoms with Crippen molar-refractivity contribution in [3.63, 3.8) is 0 Å². The van der Waals surface area contributed by atoms with Crippen molar-refractivity contribution in [2.24, 2.45) is 0 Å². The fourth-order valence-electron chi connectivity index (χ4n) is 2.04. The Morgan fingerprint density at radius 1 is 1.38 bits per heavy atom. The Hall–Kier alpha value is -1.82. The van der Waals surface area contributed by atoms with Crippen LogP contribution in [-0.2, 0) is 6.54 Å². The van der Waals surface area contributed by atoms with Crippen LogP contribution in [-0.4, -0.2) is 22.0 Å². The molecular weight excluding hydrogens is 284 g/mol. The smallest absolute Gasteiger partial charge is 0.198 e. The summed E-state index contributed by atoms with van der Waals surface area (Å²) in [5.74, 6) is 1.14. The van der Waals surface area contributed by atoms with E-state index >= 15 is 0 Å². The number of nitrogens with two attached hydrogens (primary N) is 1. The van der Waals surface area contributed by atoms with Gasteiger partial charge >= 0.3 is 0 Å². The summed E-state index contributed by atoms with van der Waals surface area (Å²) in [7, 11) is 0. The van der Waals surface area contributed by atoms with Crippen molar-refractivity contribution >= 4 is 22.4 Å². The van der Waals surface area contributed by atoms with E-state index in [9.17, 15) is 0 Å². The van der Waals surface area contributed by atoms with Gasteiger partial charge in [0.25, 0.3) is 0 Å². The molecule has 0 atom stereocenters. The second-order valence-corrected chi connectivity index (χ2v) is 5.91. The molecule has 0 saturated heterocycles. The first-order chi connectivity index (χ1) is 10.0. The first-order valence-corrected chi connectivity index (χ1v) is 7.87. The van der Waals surface area contributed by atoms with E-state index in [4.69, 9.17) is 10.5 Å². The average molecular weight is 306 g/mol. The van der Waals surface area contributed by atoms with Gasteiger partial charge in [0.2, 0.25) is 0 Å². The van der Waals surface area contributed by atoms with Gasteiger partial charge in [0.05, 0.1) is 18.3 Å². The highest BCUT2D eigenvalue weighted by molar-refractivity contribution is 7.11. The van der Waals surface area contributed by atoms with E-state index in [0.717, 1.165) is 22.9 Å². The van der Waals surface area contributed by atoms with Crippen LogP contribution in [0.5, 0.6) is 5.75 Å². The lowest BCUT2D eigenvalue weighted by molar-refractivity contribution is 0.245. The summed E-state index contributed by atoms with van der Waals surface area (Å²) in [6.07, 6.45) is 0.0678. The van der Waals surface area contributed by atoms with Gasteiger partial charge in [-0.1, -0.05) is 6.07 Å². The normalized spacial score (nSPS) is 10.9. The molecule has 2 aromatic rings. The van der Waals surface area contributed by atoms with Crippen LogP contribution >= 0.6 is 11.5 Å². The molecule has 114 valence electrons. The Balaban J connectivity index is 2.25. The summed E-state index contributed by atoms with van der Waals surface area (Å²) in [6, 6.07) is 6.05. The number of nitrogens with zero attached hydrogens (tertiary/aromatic N) is 3. The molecule has 2 aromatic heterocycles. The van der Waals surface area contributed by atoms with E-state index in [1.807, 2.05) is 39.0 Å². The predicted octanol–water partition coefficient (Wildman–Crippen LogP) is 3.24. The van der Waals surface area contributed by atoms with Gasteiger partial charge in [-0.3, -0.25) is 4.98 Å².